The molecule has 132 valence electrons. The van der Waals surface area contributed by atoms with E-state index in [0.29, 0.717) is 11.7 Å². The Hall–Kier alpha value is -1.51. The largest absolute Gasteiger partial charge is 0.300 e. The normalized spacial score (nSPS) is 45.5. The van der Waals surface area contributed by atoms with E-state index in [2.05, 4.69) is 29.9 Å². The third kappa shape index (κ3) is 2.07. The highest BCUT2D eigenvalue weighted by molar-refractivity contribution is 5.82. The number of carbonyl (C=O) groups is 1. The minimum absolute atomic E-state index is 0.239. The fourth-order valence-electron chi connectivity index (χ4n) is 7.32. The molecule has 3 nitrogen and oxygen atoms in total. The lowest BCUT2D eigenvalue weighted by molar-refractivity contribution is -0.118. The van der Waals surface area contributed by atoms with E-state index < -0.39 is 0 Å². The quantitative estimate of drug-likeness (QED) is 0.747. The number of rotatable bonds is 1. The van der Waals surface area contributed by atoms with Gasteiger partial charge in [0.05, 0.1) is 11.9 Å². The van der Waals surface area contributed by atoms with Crippen molar-refractivity contribution in [3.8, 4) is 0 Å². The summed E-state index contributed by atoms with van der Waals surface area (Å²) in [5.41, 5.74) is 3.01. The van der Waals surface area contributed by atoms with Gasteiger partial charge in [-0.05, 0) is 72.2 Å². The minimum atomic E-state index is 0.239. The molecule has 1 heterocycles. The second kappa shape index (κ2) is 5.25. The molecule has 3 heteroatoms. The van der Waals surface area contributed by atoms with E-state index >= 15 is 0 Å². The lowest BCUT2D eigenvalue weighted by atomic mass is 9.47. The van der Waals surface area contributed by atoms with Gasteiger partial charge in [0.15, 0.2) is 0 Å². The van der Waals surface area contributed by atoms with Crippen LogP contribution in [-0.2, 0) is 4.79 Å². The van der Waals surface area contributed by atoms with Crippen molar-refractivity contribution < 1.29 is 4.79 Å². The Labute approximate surface area is 150 Å². The van der Waals surface area contributed by atoms with E-state index in [9.17, 15) is 4.79 Å². The van der Waals surface area contributed by atoms with Crippen LogP contribution in [-0.4, -0.2) is 15.8 Å². The van der Waals surface area contributed by atoms with Gasteiger partial charge in [0, 0.05) is 25.2 Å². The van der Waals surface area contributed by atoms with Crippen LogP contribution in [0.25, 0.3) is 5.57 Å². The molecule has 0 radical (unpaired) electrons. The average Bonchev–Trinajstić information content (AvgIpc) is 3.10. The van der Waals surface area contributed by atoms with E-state index in [1.165, 1.54) is 37.7 Å². The molecule has 0 aromatic carbocycles. The number of ketones is 1. The van der Waals surface area contributed by atoms with Gasteiger partial charge in [0.25, 0.3) is 0 Å². The van der Waals surface area contributed by atoms with Gasteiger partial charge in [-0.3, -0.25) is 14.8 Å². The van der Waals surface area contributed by atoms with Crippen LogP contribution < -0.4 is 0 Å². The number of aromatic nitrogens is 2. The van der Waals surface area contributed by atoms with E-state index in [-0.39, 0.29) is 10.8 Å². The molecule has 0 aliphatic heterocycles. The monoisotopic (exact) mass is 336 g/mol. The maximum atomic E-state index is 12.2. The van der Waals surface area contributed by atoms with Gasteiger partial charge in [-0.15, -0.1) is 0 Å². The fraction of sp³-hybridized carbons (Fsp3) is 0.682. The zero-order valence-electron chi connectivity index (χ0n) is 15.4. The van der Waals surface area contributed by atoms with Crippen molar-refractivity contribution in [1.82, 2.24) is 9.97 Å². The SMILES string of the molecule is CC12CCC3C(CCC4CC(=O)CC43C)C1CC=C2c1cnccn1. The molecule has 25 heavy (non-hydrogen) atoms. The van der Waals surface area contributed by atoms with Crippen LogP contribution in [0.5, 0.6) is 0 Å². The Bertz CT molecular complexity index is 742. The van der Waals surface area contributed by atoms with Gasteiger partial charge >= 0.3 is 0 Å². The first-order chi connectivity index (χ1) is 12.0. The average molecular weight is 336 g/mol. The Balaban J connectivity index is 1.47. The lowest BCUT2D eigenvalue weighted by Crippen LogP contribution is -2.49. The standard InChI is InChI=1S/C22H28N2O/c1-21-8-7-18-16(4-3-14-11-15(25)12-22(14,18)2)17(21)5-6-19(21)20-13-23-9-10-24-20/h6,9-10,13-14,16-18H,3-5,7-8,11-12H2,1-2H3. The van der Waals surface area contributed by atoms with Gasteiger partial charge in [0.2, 0.25) is 0 Å². The number of fused-ring (bicyclic) bond motifs is 5. The molecule has 1 aromatic heterocycles. The summed E-state index contributed by atoms with van der Waals surface area (Å²) >= 11 is 0. The molecule has 5 rings (SSSR count). The summed E-state index contributed by atoms with van der Waals surface area (Å²) in [7, 11) is 0. The van der Waals surface area contributed by atoms with E-state index in [1.54, 1.807) is 6.20 Å². The number of allylic oxidation sites excluding steroid dienone is 2. The summed E-state index contributed by atoms with van der Waals surface area (Å²) in [5, 5.41) is 0. The molecule has 0 amide bonds. The van der Waals surface area contributed by atoms with Gasteiger partial charge in [-0.25, -0.2) is 0 Å². The molecule has 3 saturated carbocycles. The number of Topliss-reactive ketones (excluding diaryl/α,β-unsaturated/α-hetero) is 1. The summed E-state index contributed by atoms with van der Waals surface area (Å²) in [6, 6.07) is 0. The molecule has 0 bridgehead atoms. The first-order valence-electron chi connectivity index (χ1n) is 10.0. The number of hydrogen-bond donors (Lipinski definition) is 0. The Kier molecular flexibility index (Phi) is 3.30. The molecule has 4 aliphatic carbocycles. The second-order valence-electron chi connectivity index (χ2n) is 9.48. The van der Waals surface area contributed by atoms with Crippen molar-refractivity contribution in [3.05, 3.63) is 30.4 Å². The Morgan fingerprint density at radius 1 is 1.12 bits per heavy atom. The molecular formula is C22H28N2O. The highest BCUT2D eigenvalue weighted by Crippen LogP contribution is 2.67. The summed E-state index contributed by atoms with van der Waals surface area (Å²) in [6.07, 6.45) is 15.9. The van der Waals surface area contributed by atoms with Crippen molar-refractivity contribution in [2.45, 2.75) is 58.8 Å². The van der Waals surface area contributed by atoms with E-state index in [0.717, 1.165) is 36.3 Å². The van der Waals surface area contributed by atoms with Crippen LogP contribution in [0.1, 0.15) is 64.5 Å². The predicted molar refractivity (Wildman–Crippen MR) is 97.5 cm³/mol. The van der Waals surface area contributed by atoms with Gasteiger partial charge in [-0.2, -0.15) is 0 Å². The van der Waals surface area contributed by atoms with Crippen LogP contribution in [0.4, 0.5) is 0 Å². The molecule has 1 aromatic rings. The van der Waals surface area contributed by atoms with Crippen molar-refractivity contribution in [2.24, 2.45) is 34.5 Å². The zero-order valence-corrected chi connectivity index (χ0v) is 15.4. The Morgan fingerprint density at radius 3 is 2.80 bits per heavy atom. The van der Waals surface area contributed by atoms with Crippen LogP contribution in [0.15, 0.2) is 24.7 Å². The fourth-order valence-corrected chi connectivity index (χ4v) is 7.32. The van der Waals surface area contributed by atoms with Gasteiger partial charge in [-0.1, -0.05) is 19.9 Å². The second-order valence-corrected chi connectivity index (χ2v) is 9.48. The van der Waals surface area contributed by atoms with Gasteiger partial charge in [0.1, 0.15) is 5.78 Å². The van der Waals surface area contributed by atoms with Crippen molar-refractivity contribution in [3.63, 3.8) is 0 Å². The molecule has 0 N–H and O–H groups in total. The molecular weight excluding hydrogens is 308 g/mol. The molecule has 0 spiro atoms. The molecule has 0 saturated heterocycles. The highest BCUT2D eigenvalue weighted by atomic mass is 16.1. The summed E-state index contributed by atoms with van der Waals surface area (Å²) in [6.45, 7) is 4.91. The topological polar surface area (TPSA) is 42.9 Å². The lowest BCUT2D eigenvalue weighted by Gasteiger charge is -2.57. The van der Waals surface area contributed by atoms with E-state index in [1.807, 2.05) is 12.4 Å². The highest BCUT2D eigenvalue weighted by Gasteiger charge is 2.60. The third-order valence-electron chi connectivity index (χ3n) is 8.54. The maximum Gasteiger partial charge on any atom is 0.133 e. The predicted octanol–water partition coefficient (Wildman–Crippen LogP) is 4.69. The Morgan fingerprint density at radius 2 is 2.00 bits per heavy atom. The smallest absolute Gasteiger partial charge is 0.133 e. The number of nitrogens with zero attached hydrogens (tertiary/aromatic N) is 2. The van der Waals surface area contributed by atoms with Crippen molar-refractivity contribution in [1.29, 1.82) is 0 Å². The van der Waals surface area contributed by atoms with Crippen LogP contribution in [0.2, 0.25) is 0 Å². The van der Waals surface area contributed by atoms with Crippen LogP contribution in [0, 0.1) is 34.5 Å². The molecule has 6 unspecified atom stereocenters. The summed E-state index contributed by atoms with van der Waals surface area (Å²) in [4.78, 5) is 21.1. The summed E-state index contributed by atoms with van der Waals surface area (Å²) < 4.78 is 0. The van der Waals surface area contributed by atoms with Crippen molar-refractivity contribution >= 4 is 11.4 Å². The molecule has 3 fully saturated rings. The van der Waals surface area contributed by atoms with Gasteiger partial charge < -0.3 is 0 Å². The van der Waals surface area contributed by atoms with Crippen molar-refractivity contribution in [2.75, 3.05) is 0 Å². The third-order valence-corrected chi connectivity index (χ3v) is 8.54. The maximum absolute atomic E-state index is 12.2. The first kappa shape index (κ1) is 15.7. The van der Waals surface area contributed by atoms with E-state index in [4.69, 9.17) is 0 Å². The molecule has 6 atom stereocenters. The minimum Gasteiger partial charge on any atom is -0.300 e. The van der Waals surface area contributed by atoms with Crippen LogP contribution >= 0.6 is 0 Å². The zero-order chi connectivity index (χ0) is 17.2. The first-order valence-corrected chi connectivity index (χ1v) is 10.0. The molecule has 4 aliphatic rings. The summed E-state index contributed by atoms with van der Waals surface area (Å²) in [5.74, 6) is 3.41. The van der Waals surface area contributed by atoms with Crippen LogP contribution in [0.3, 0.4) is 0 Å². The number of carbonyl (C=O) groups excluding carboxylic acids is 1. The number of hydrogen-bond acceptors (Lipinski definition) is 3.